The van der Waals surface area contributed by atoms with Crippen molar-refractivity contribution in [2.45, 2.75) is 50.0 Å². The third kappa shape index (κ3) is 4.01. The van der Waals surface area contributed by atoms with Gasteiger partial charge in [0.2, 0.25) is 0 Å². The molecular formula is C15H24N2S. The van der Waals surface area contributed by atoms with Crippen LogP contribution >= 0.6 is 11.8 Å². The molecular weight excluding hydrogens is 240 g/mol. The van der Waals surface area contributed by atoms with E-state index in [0.29, 0.717) is 6.04 Å². The predicted octanol–water partition coefficient (Wildman–Crippen LogP) is 3.50. The number of hydrogen-bond donors (Lipinski definition) is 2. The Morgan fingerprint density at radius 1 is 1.33 bits per heavy atom. The number of thioether (sulfide) groups is 1. The number of hydrogen-bond acceptors (Lipinski definition) is 3. The van der Waals surface area contributed by atoms with Gasteiger partial charge in [-0.1, -0.05) is 43.9 Å². The average Bonchev–Trinajstić information content (AvgIpc) is 2.89. The summed E-state index contributed by atoms with van der Waals surface area (Å²) in [5, 5.41) is 0. The predicted molar refractivity (Wildman–Crippen MR) is 79.6 cm³/mol. The first kappa shape index (κ1) is 13.9. The second-order valence-corrected chi connectivity index (χ2v) is 6.39. The maximum Gasteiger partial charge on any atom is 0.0307 e. The van der Waals surface area contributed by atoms with E-state index in [1.807, 2.05) is 11.8 Å². The summed E-state index contributed by atoms with van der Waals surface area (Å²) in [6, 6.07) is 9.01. The molecule has 0 saturated heterocycles. The van der Waals surface area contributed by atoms with Crippen LogP contribution in [0, 0.1) is 12.8 Å². The van der Waals surface area contributed by atoms with Crippen LogP contribution in [0.5, 0.6) is 0 Å². The van der Waals surface area contributed by atoms with Gasteiger partial charge < -0.3 is 0 Å². The van der Waals surface area contributed by atoms with Crippen LogP contribution in [0.2, 0.25) is 0 Å². The molecule has 2 nitrogen and oxygen atoms in total. The van der Waals surface area contributed by atoms with Crippen LogP contribution in [0.15, 0.2) is 29.2 Å². The van der Waals surface area contributed by atoms with E-state index in [0.717, 1.165) is 11.7 Å². The monoisotopic (exact) mass is 264 g/mol. The Kier molecular flexibility index (Phi) is 5.54. The molecule has 3 N–H and O–H groups in total. The topological polar surface area (TPSA) is 38.0 Å². The minimum atomic E-state index is 0.442. The first-order valence-electron chi connectivity index (χ1n) is 6.94. The zero-order valence-electron chi connectivity index (χ0n) is 11.2. The van der Waals surface area contributed by atoms with Crippen molar-refractivity contribution >= 4 is 11.8 Å². The molecule has 1 fully saturated rings. The summed E-state index contributed by atoms with van der Waals surface area (Å²) < 4.78 is 0. The maximum absolute atomic E-state index is 5.69. The van der Waals surface area contributed by atoms with Gasteiger partial charge in [-0.25, -0.2) is 0 Å². The van der Waals surface area contributed by atoms with E-state index in [9.17, 15) is 0 Å². The van der Waals surface area contributed by atoms with E-state index in [1.165, 1.54) is 42.6 Å². The zero-order valence-corrected chi connectivity index (χ0v) is 12.0. The normalized spacial score (nSPS) is 18.1. The minimum Gasteiger partial charge on any atom is -0.271 e. The smallest absolute Gasteiger partial charge is 0.0307 e. The first-order chi connectivity index (χ1) is 8.79. The third-order valence-electron chi connectivity index (χ3n) is 3.86. The summed E-state index contributed by atoms with van der Waals surface area (Å²) >= 11 is 1.92. The van der Waals surface area contributed by atoms with Crippen LogP contribution in [0.4, 0.5) is 0 Å². The Bertz CT molecular complexity index is 361. The fourth-order valence-corrected chi connectivity index (χ4v) is 3.82. The molecule has 0 heterocycles. The molecule has 0 amide bonds. The maximum atomic E-state index is 5.69. The van der Waals surface area contributed by atoms with Crippen molar-refractivity contribution in [3.05, 3.63) is 29.8 Å². The summed E-state index contributed by atoms with van der Waals surface area (Å²) in [6.07, 6.45) is 6.84. The number of nitrogens with two attached hydrogens (primary N) is 1. The van der Waals surface area contributed by atoms with Gasteiger partial charge in [-0.05, 0) is 30.9 Å². The molecule has 0 radical (unpaired) electrons. The summed E-state index contributed by atoms with van der Waals surface area (Å²) in [5.41, 5.74) is 4.36. The van der Waals surface area contributed by atoms with Gasteiger partial charge in [-0.3, -0.25) is 11.3 Å². The number of hydrazine groups is 1. The van der Waals surface area contributed by atoms with Gasteiger partial charge in [0, 0.05) is 16.7 Å². The highest BCUT2D eigenvalue weighted by molar-refractivity contribution is 7.99. The fourth-order valence-electron chi connectivity index (χ4n) is 2.74. The van der Waals surface area contributed by atoms with Crippen LogP contribution in [-0.2, 0) is 0 Å². The van der Waals surface area contributed by atoms with Crippen molar-refractivity contribution in [3.8, 4) is 0 Å². The number of nitrogens with one attached hydrogen (secondary N) is 1. The molecule has 1 atom stereocenters. The lowest BCUT2D eigenvalue weighted by atomic mass is 10.00. The van der Waals surface area contributed by atoms with E-state index in [4.69, 9.17) is 5.84 Å². The molecule has 1 aromatic carbocycles. The summed E-state index contributed by atoms with van der Waals surface area (Å²) in [7, 11) is 0. The van der Waals surface area contributed by atoms with Crippen LogP contribution < -0.4 is 11.3 Å². The Labute approximate surface area is 115 Å². The summed E-state index contributed by atoms with van der Waals surface area (Å²) in [6.45, 7) is 2.17. The van der Waals surface area contributed by atoms with Gasteiger partial charge in [0.15, 0.2) is 0 Å². The van der Waals surface area contributed by atoms with Crippen LogP contribution in [0.1, 0.15) is 37.7 Å². The van der Waals surface area contributed by atoms with E-state index >= 15 is 0 Å². The van der Waals surface area contributed by atoms with Crippen molar-refractivity contribution in [1.82, 2.24) is 5.43 Å². The van der Waals surface area contributed by atoms with E-state index in [-0.39, 0.29) is 0 Å². The SMILES string of the molecule is Cc1ccccc1SCC(CC1CCCC1)NN. The Balaban J connectivity index is 1.81. The van der Waals surface area contributed by atoms with Crippen molar-refractivity contribution in [2.75, 3.05) is 5.75 Å². The van der Waals surface area contributed by atoms with Crippen LogP contribution in [0.25, 0.3) is 0 Å². The minimum absolute atomic E-state index is 0.442. The second-order valence-electron chi connectivity index (χ2n) is 5.33. The van der Waals surface area contributed by atoms with Gasteiger partial charge in [-0.15, -0.1) is 11.8 Å². The van der Waals surface area contributed by atoms with Gasteiger partial charge in [0.25, 0.3) is 0 Å². The largest absolute Gasteiger partial charge is 0.271 e. The molecule has 0 spiro atoms. The molecule has 18 heavy (non-hydrogen) atoms. The second kappa shape index (κ2) is 7.17. The van der Waals surface area contributed by atoms with Gasteiger partial charge in [-0.2, -0.15) is 0 Å². The van der Waals surface area contributed by atoms with Gasteiger partial charge >= 0.3 is 0 Å². The molecule has 1 aromatic rings. The average molecular weight is 264 g/mol. The molecule has 0 bridgehead atoms. The van der Waals surface area contributed by atoms with Crippen LogP contribution in [-0.4, -0.2) is 11.8 Å². The fraction of sp³-hybridized carbons (Fsp3) is 0.600. The molecule has 3 heteroatoms. The lowest BCUT2D eigenvalue weighted by Gasteiger charge is -2.19. The molecule has 1 saturated carbocycles. The van der Waals surface area contributed by atoms with Crippen molar-refractivity contribution in [1.29, 1.82) is 0 Å². The number of rotatable bonds is 6. The van der Waals surface area contributed by atoms with Gasteiger partial charge in [0.1, 0.15) is 0 Å². The first-order valence-corrected chi connectivity index (χ1v) is 7.92. The number of benzene rings is 1. The van der Waals surface area contributed by atoms with Gasteiger partial charge in [0.05, 0.1) is 0 Å². The standard InChI is InChI=1S/C15H24N2S/c1-12-6-2-5-9-15(12)18-11-14(17-16)10-13-7-3-4-8-13/h2,5-6,9,13-14,17H,3-4,7-8,10-11,16H2,1H3. The van der Waals surface area contributed by atoms with E-state index in [1.54, 1.807) is 0 Å². The lowest BCUT2D eigenvalue weighted by molar-refractivity contribution is 0.415. The lowest BCUT2D eigenvalue weighted by Crippen LogP contribution is -2.38. The Hall–Kier alpha value is -0.510. The molecule has 0 aromatic heterocycles. The Morgan fingerprint density at radius 2 is 2.06 bits per heavy atom. The molecule has 0 aliphatic heterocycles. The van der Waals surface area contributed by atoms with Crippen LogP contribution in [0.3, 0.4) is 0 Å². The molecule has 1 aliphatic carbocycles. The molecule has 1 aliphatic rings. The van der Waals surface area contributed by atoms with E-state index in [2.05, 4.69) is 36.6 Å². The number of aryl methyl sites for hydroxylation is 1. The third-order valence-corrected chi connectivity index (χ3v) is 5.20. The van der Waals surface area contributed by atoms with Crippen molar-refractivity contribution in [2.24, 2.45) is 11.8 Å². The van der Waals surface area contributed by atoms with Crippen molar-refractivity contribution in [3.63, 3.8) is 0 Å². The zero-order chi connectivity index (χ0) is 12.8. The highest BCUT2D eigenvalue weighted by atomic mass is 32.2. The Morgan fingerprint density at radius 3 is 2.72 bits per heavy atom. The molecule has 100 valence electrons. The molecule has 1 unspecified atom stereocenters. The highest BCUT2D eigenvalue weighted by Gasteiger charge is 2.19. The summed E-state index contributed by atoms with van der Waals surface area (Å²) in [4.78, 5) is 1.38. The molecule has 2 rings (SSSR count). The summed E-state index contributed by atoms with van der Waals surface area (Å²) in [5.74, 6) is 7.65. The quantitative estimate of drug-likeness (QED) is 0.469. The van der Waals surface area contributed by atoms with Crippen molar-refractivity contribution < 1.29 is 0 Å². The highest BCUT2D eigenvalue weighted by Crippen LogP contribution is 2.30. The van der Waals surface area contributed by atoms with E-state index < -0.39 is 0 Å².